The molecule has 3 rings (SSSR count). The van der Waals surface area contributed by atoms with Crippen LogP contribution in [0.1, 0.15) is 46.2 Å². The number of halogens is 1. The Morgan fingerprint density at radius 1 is 1.20 bits per heavy atom. The van der Waals surface area contributed by atoms with E-state index in [0.717, 1.165) is 24.0 Å². The Hall–Kier alpha value is -0.615. The van der Waals surface area contributed by atoms with Crippen molar-refractivity contribution in [2.45, 2.75) is 57.3 Å². The molecule has 20 heavy (non-hydrogen) atoms. The summed E-state index contributed by atoms with van der Waals surface area (Å²) in [6.45, 7) is 8.09. The van der Waals surface area contributed by atoms with Crippen LogP contribution in [-0.4, -0.2) is 23.3 Å². The van der Waals surface area contributed by atoms with Crippen molar-refractivity contribution in [1.29, 1.82) is 0 Å². The van der Waals surface area contributed by atoms with Gasteiger partial charge in [-0.25, -0.2) is 0 Å². The number of hydrogen-bond acceptors (Lipinski definition) is 4. The molecule has 4 nitrogen and oxygen atoms in total. The van der Waals surface area contributed by atoms with E-state index in [1.165, 1.54) is 0 Å². The smallest absolute Gasteiger partial charge is 0.399 e. The highest BCUT2D eigenvalue weighted by atomic mass is 35.5. The molecule has 0 unspecified atom stereocenters. The minimum atomic E-state index is -0.475. The van der Waals surface area contributed by atoms with Gasteiger partial charge in [0.05, 0.1) is 27.5 Å². The second kappa shape index (κ2) is 4.20. The minimum absolute atomic E-state index is 0.364. The average Bonchev–Trinajstić information content (AvgIpc) is 3.01. The van der Waals surface area contributed by atoms with Gasteiger partial charge in [0.2, 0.25) is 0 Å². The Balaban J connectivity index is 1.97. The minimum Gasteiger partial charge on any atom is -0.399 e. The normalized spacial score (nSPS) is 25.8. The molecule has 1 saturated heterocycles. The fraction of sp³-hybridized carbons (Fsp3) is 0.643. The fourth-order valence-electron chi connectivity index (χ4n) is 2.33. The molecule has 6 heteroatoms. The van der Waals surface area contributed by atoms with Crippen LogP contribution in [0.5, 0.6) is 0 Å². The lowest BCUT2D eigenvalue weighted by Gasteiger charge is -2.32. The second-order valence-corrected chi connectivity index (χ2v) is 7.19. The van der Waals surface area contributed by atoms with Gasteiger partial charge in [-0.15, -0.1) is 0 Å². The summed E-state index contributed by atoms with van der Waals surface area (Å²) in [7, 11) is -0.475. The van der Waals surface area contributed by atoms with Crippen LogP contribution >= 0.6 is 11.6 Å². The van der Waals surface area contributed by atoms with Crippen molar-refractivity contribution < 1.29 is 9.31 Å². The standard InChI is InChI=1S/C14H20BClN2O2/c1-12(2)13(3,4)20-15(19-12)9-5-8-18-11(10(9)16)14(17)6-7-14/h5,8H,6-7,17H2,1-4H3. The maximum absolute atomic E-state index is 6.50. The first-order valence-electron chi connectivity index (χ1n) is 6.96. The molecule has 0 spiro atoms. The number of hydrogen-bond donors (Lipinski definition) is 1. The zero-order valence-electron chi connectivity index (χ0n) is 12.4. The molecule has 1 aromatic rings. The van der Waals surface area contributed by atoms with Gasteiger partial charge in [0.25, 0.3) is 0 Å². The summed E-state index contributed by atoms with van der Waals surface area (Å²) in [4.78, 5) is 4.35. The van der Waals surface area contributed by atoms with Gasteiger partial charge >= 0.3 is 7.12 Å². The van der Waals surface area contributed by atoms with Crippen LogP contribution in [0.15, 0.2) is 12.3 Å². The van der Waals surface area contributed by atoms with Gasteiger partial charge in [-0.05, 0) is 46.6 Å². The Morgan fingerprint density at radius 2 is 1.75 bits per heavy atom. The molecular weight excluding hydrogens is 274 g/mol. The lowest BCUT2D eigenvalue weighted by Crippen LogP contribution is -2.41. The predicted octanol–water partition coefficient (Wildman–Crippen LogP) is 1.98. The summed E-state index contributed by atoms with van der Waals surface area (Å²) in [5, 5.41) is 0.575. The van der Waals surface area contributed by atoms with Gasteiger partial charge in [0.15, 0.2) is 0 Å². The first-order valence-corrected chi connectivity index (χ1v) is 7.33. The van der Waals surface area contributed by atoms with Crippen LogP contribution in [0.2, 0.25) is 5.02 Å². The molecule has 0 radical (unpaired) electrons. The number of rotatable bonds is 2. The van der Waals surface area contributed by atoms with E-state index in [1.54, 1.807) is 6.20 Å². The Labute approximate surface area is 125 Å². The van der Waals surface area contributed by atoms with Gasteiger partial charge in [-0.2, -0.15) is 0 Å². The molecule has 2 heterocycles. The molecule has 2 fully saturated rings. The number of pyridine rings is 1. The first-order chi connectivity index (χ1) is 9.16. The summed E-state index contributed by atoms with van der Waals surface area (Å²) in [5.41, 5.74) is 6.65. The Bertz CT molecular complexity index is 542. The molecular formula is C14H20BClN2O2. The van der Waals surface area contributed by atoms with Crippen molar-refractivity contribution >= 4 is 24.2 Å². The summed E-state index contributed by atoms with van der Waals surface area (Å²) in [5.74, 6) is 0. The summed E-state index contributed by atoms with van der Waals surface area (Å²) < 4.78 is 12.1. The van der Waals surface area contributed by atoms with E-state index in [4.69, 9.17) is 26.6 Å². The molecule has 1 aliphatic carbocycles. The van der Waals surface area contributed by atoms with E-state index >= 15 is 0 Å². The Kier molecular flexibility index (Phi) is 3.01. The molecule has 0 aromatic carbocycles. The summed E-state index contributed by atoms with van der Waals surface area (Å²) in [6.07, 6.45) is 3.58. The van der Waals surface area contributed by atoms with E-state index in [9.17, 15) is 0 Å². The SMILES string of the molecule is CC1(C)OB(c2ccnc(C3(N)CC3)c2Cl)OC1(C)C. The van der Waals surface area contributed by atoms with Crippen LogP contribution in [-0.2, 0) is 14.8 Å². The number of aromatic nitrogens is 1. The monoisotopic (exact) mass is 294 g/mol. The van der Waals surface area contributed by atoms with Crippen LogP contribution < -0.4 is 11.2 Å². The van der Waals surface area contributed by atoms with Gasteiger partial charge < -0.3 is 15.0 Å². The van der Waals surface area contributed by atoms with Crippen molar-refractivity contribution in [2.75, 3.05) is 0 Å². The van der Waals surface area contributed by atoms with Gasteiger partial charge in [-0.1, -0.05) is 11.6 Å². The quantitative estimate of drug-likeness (QED) is 0.848. The lowest BCUT2D eigenvalue weighted by atomic mass is 9.78. The van der Waals surface area contributed by atoms with Crippen molar-refractivity contribution in [2.24, 2.45) is 5.73 Å². The molecule has 2 N–H and O–H groups in total. The molecule has 2 aliphatic rings. The third-order valence-electron chi connectivity index (χ3n) is 4.69. The van der Waals surface area contributed by atoms with Crippen molar-refractivity contribution in [3.63, 3.8) is 0 Å². The molecule has 1 saturated carbocycles. The van der Waals surface area contributed by atoms with E-state index in [1.807, 2.05) is 33.8 Å². The van der Waals surface area contributed by atoms with E-state index in [-0.39, 0.29) is 16.7 Å². The highest BCUT2D eigenvalue weighted by molar-refractivity contribution is 6.65. The van der Waals surface area contributed by atoms with Crippen molar-refractivity contribution in [1.82, 2.24) is 4.98 Å². The van der Waals surface area contributed by atoms with Crippen LogP contribution in [0.3, 0.4) is 0 Å². The molecule has 108 valence electrons. The molecule has 0 amide bonds. The van der Waals surface area contributed by atoms with Crippen LogP contribution in [0.25, 0.3) is 0 Å². The van der Waals surface area contributed by atoms with Crippen molar-refractivity contribution in [3.8, 4) is 0 Å². The van der Waals surface area contributed by atoms with Crippen molar-refractivity contribution in [3.05, 3.63) is 23.0 Å². The summed E-state index contributed by atoms with van der Waals surface area (Å²) in [6, 6.07) is 1.85. The Morgan fingerprint density at radius 3 is 2.25 bits per heavy atom. The van der Waals surface area contributed by atoms with Gasteiger partial charge in [0, 0.05) is 11.7 Å². The largest absolute Gasteiger partial charge is 0.496 e. The van der Waals surface area contributed by atoms with Gasteiger partial charge in [-0.3, -0.25) is 4.98 Å². The average molecular weight is 295 g/mol. The van der Waals surface area contributed by atoms with Crippen LogP contribution in [0.4, 0.5) is 0 Å². The summed E-state index contributed by atoms with van der Waals surface area (Å²) >= 11 is 6.50. The van der Waals surface area contributed by atoms with E-state index < -0.39 is 7.12 Å². The molecule has 1 aromatic heterocycles. The maximum atomic E-state index is 6.50. The first kappa shape index (κ1) is 14.3. The number of nitrogens with zero attached hydrogens (tertiary/aromatic N) is 1. The fourth-order valence-corrected chi connectivity index (χ4v) is 2.72. The molecule has 0 atom stereocenters. The zero-order valence-corrected chi connectivity index (χ0v) is 13.1. The van der Waals surface area contributed by atoms with Crippen LogP contribution in [0, 0.1) is 0 Å². The molecule has 1 aliphatic heterocycles. The zero-order chi connectivity index (χ0) is 14.8. The van der Waals surface area contributed by atoms with Gasteiger partial charge in [0.1, 0.15) is 0 Å². The third-order valence-corrected chi connectivity index (χ3v) is 5.08. The lowest BCUT2D eigenvalue weighted by molar-refractivity contribution is 0.00578. The van der Waals surface area contributed by atoms with E-state index in [2.05, 4.69) is 4.98 Å². The third kappa shape index (κ3) is 2.08. The highest BCUT2D eigenvalue weighted by Crippen LogP contribution is 2.44. The topological polar surface area (TPSA) is 57.4 Å². The van der Waals surface area contributed by atoms with E-state index in [0.29, 0.717) is 5.02 Å². The second-order valence-electron chi connectivity index (χ2n) is 6.81. The highest BCUT2D eigenvalue weighted by Gasteiger charge is 2.53. The maximum Gasteiger partial charge on any atom is 0.496 e. The predicted molar refractivity (Wildman–Crippen MR) is 80.1 cm³/mol. The number of nitrogens with two attached hydrogens (primary N) is 1. The molecule has 0 bridgehead atoms.